The highest BCUT2D eigenvalue weighted by Crippen LogP contribution is 2.23. The molecule has 0 aromatic carbocycles. The predicted molar refractivity (Wildman–Crippen MR) is 366 cm³/mol. The number of ether oxygens (including phenoxy) is 3. The largest absolute Gasteiger partial charge is 0.466 e. The maximum Gasteiger partial charge on any atom is 0.305 e. The Bertz CT molecular complexity index is 1540. The molecule has 0 saturated carbocycles. The monoisotopic (exact) mass is 1230 g/mol. The molecule has 0 spiro atoms. The molecule has 6 N–H and O–H groups in total. The Kier molecular flexibility index (Phi) is 62.3. The van der Waals surface area contributed by atoms with Gasteiger partial charge in [0.2, 0.25) is 5.91 Å². The van der Waals surface area contributed by atoms with Gasteiger partial charge in [0.05, 0.1) is 32.0 Å². The van der Waals surface area contributed by atoms with Gasteiger partial charge in [-0.05, 0) is 83.5 Å². The minimum Gasteiger partial charge on any atom is -0.466 e. The average molecular weight is 1230 g/mol. The lowest BCUT2D eigenvalue weighted by molar-refractivity contribution is -0.302. The van der Waals surface area contributed by atoms with Crippen LogP contribution in [0.5, 0.6) is 0 Å². The van der Waals surface area contributed by atoms with Crippen LogP contribution >= 0.6 is 0 Å². The Morgan fingerprint density at radius 3 is 1.10 bits per heavy atom. The standard InChI is InChI=1S/C76H143NO10/c1-3-5-7-9-11-13-14-15-16-17-35-38-41-44-48-52-56-60-64-72(81)85-65-61-57-53-49-45-42-39-36-33-31-29-27-25-23-21-19-18-20-22-24-26-28-30-32-34-37-40-43-47-51-55-59-63-71(80)77-68(69(79)62-58-54-50-46-12-10-8-6-4-2)67-86-76-75(84)74(83)73(82)70(66-78)87-76/h16-17,21,23,58,62,68-70,73-76,78-79,82-84H,3-15,18-20,22,24-57,59-61,63-67H2,1-2H3,(H,77,80)/b17-16-,23-21-,62-58+. The van der Waals surface area contributed by atoms with Gasteiger partial charge in [0.1, 0.15) is 24.4 Å². The fourth-order valence-electron chi connectivity index (χ4n) is 12.0. The minimum atomic E-state index is -1.57. The number of nitrogens with one attached hydrogen (secondary N) is 1. The van der Waals surface area contributed by atoms with Crippen LogP contribution in [0.25, 0.3) is 0 Å². The number of carbonyl (C=O) groups is 2. The van der Waals surface area contributed by atoms with Gasteiger partial charge in [-0.1, -0.05) is 314 Å². The van der Waals surface area contributed by atoms with Crippen molar-refractivity contribution in [1.29, 1.82) is 0 Å². The summed E-state index contributed by atoms with van der Waals surface area (Å²) in [4.78, 5) is 25.1. The third-order valence-corrected chi connectivity index (χ3v) is 18.0. The number of unbranched alkanes of at least 4 members (excludes halogenated alkanes) is 49. The fourth-order valence-corrected chi connectivity index (χ4v) is 12.0. The van der Waals surface area contributed by atoms with Crippen molar-refractivity contribution in [1.82, 2.24) is 5.32 Å². The molecule has 1 aliphatic heterocycles. The number of esters is 1. The number of amides is 1. The van der Waals surface area contributed by atoms with Gasteiger partial charge in [-0.25, -0.2) is 0 Å². The lowest BCUT2D eigenvalue weighted by Gasteiger charge is -2.40. The predicted octanol–water partition coefficient (Wildman–Crippen LogP) is 19.7. The maximum atomic E-state index is 13.0. The topological polar surface area (TPSA) is 175 Å². The second-order valence-corrected chi connectivity index (χ2v) is 26.3. The molecule has 0 aromatic heterocycles. The number of hydrogen-bond acceptors (Lipinski definition) is 10. The van der Waals surface area contributed by atoms with Crippen molar-refractivity contribution in [2.24, 2.45) is 0 Å². The Balaban J connectivity index is 1.88. The highest BCUT2D eigenvalue weighted by molar-refractivity contribution is 5.76. The van der Waals surface area contributed by atoms with Crippen molar-refractivity contribution in [3.8, 4) is 0 Å². The quantitative estimate of drug-likeness (QED) is 0.0195. The van der Waals surface area contributed by atoms with Crippen LogP contribution in [0, 0.1) is 0 Å². The molecule has 7 unspecified atom stereocenters. The Labute approximate surface area is 536 Å². The number of hydrogen-bond donors (Lipinski definition) is 6. The SMILES string of the molecule is CCCCCCCCC/C=C\CCCCCCCCCC(=O)OCCCCCCCCCCCCCC/C=C\CCCCCCCCCCCCCCCCCCC(=O)NC(COC1OC(CO)C(O)C(O)C1O)C(O)/C=C/CCCCCCCCC. The van der Waals surface area contributed by atoms with Crippen LogP contribution in [-0.2, 0) is 23.8 Å². The minimum absolute atomic E-state index is 0.00818. The van der Waals surface area contributed by atoms with Crippen molar-refractivity contribution in [2.45, 2.75) is 416 Å². The molecular formula is C76H143NO10. The van der Waals surface area contributed by atoms with Crippen LogP contribution in [0.15, 0.2) is 36.5 Å². The zero-order valence-corrected chi connectivity index (χ0v) is 57.0. The number of aliphatic hydroxyl groups excluding tert-OH is 5. The second kappa shape index (κ2) is 65.4. The first-order valence-corrected chi connectivity index (χ1v) is 37.8. The van der Waals surface area contributed by atoms with Gasteiger partial charge < -0.3 is 45.1 Å². The van der Waals surface area contributed by atoms with Crippen molar-refractivity contribution < 1.29 is 49.3 Å². The Morgan fingerprint density at radius 1 is 0.414 bits per heavy atom. The molecule has 1 amide bonds. The zero-order chi connectivity index (χ0) is 63.0. The molecule has 1 aliphatic rings. The maximum absolute atomic E-state index is 13.0. The van der Waals surface area contributed by atoms with E-state index in [1.54, 1.807) is 6.08 Å². The molecule has 0 aromatic rings. The highest BCUT2D eigenvalue weighted by Gasteiger charge is 2.44. The fraction of sp³-hybridized carbons (Fsp3) is 0.895. The summed E-state index contributed by atoms with van der Waals surface area (Å²) in [5.41, 5.74) is 0. The van der Waals surface area contributed by atoms with E-state index in [4.69, 9.17) is 14.2 Å². The van der Waals surface area contributed by atoms with E-state index < -0.39 is 49.5 Å². The van der Waals surface area contributed by atoms with Crippen LogP contribution in [-0.4, -0.2) is 100 Å². The molecule has 1 heterocycles. The first-order chi connectivity index (χ1) is 42.7. The summed E-state index contributed by atoms with van der Waals surface area (Å²) in [6.45, 7) is 4.35. The first kappa shape index (κ1) is 82.9. The third kappa shape index (κ3) is 54.2. The van der Waals surface area contributed by atoms with Crippen molar-refractivity contribution in [2.75, 3.05) is 19.8 Å². The number of allylic oxidation sites excluding steroid dienone is 5. The van der Waals surface area contributed by atoms with Gasteiger partial charge in [-0.2, -0.15) is 0 Å². The molecule has 11 nitrogen and oxygen atoms in total. The molecule has 512 valence electrons. The summed E-state index contributed by atoms with van der Waals surface area (Å²) in [6.07, 6.45) is 74.6. The molecule has 0 bridgehead atoms. The molecule has 7 atom stereocenters. The van der Waals surface area contributed by atoms with Gasteiger partial charge in [0.25, 0.3) is 0 Å². The first-order valence-electron chi connectivity index (χ1n) is 37.8. The molecule has 87 heavy (non-hydrogen) atoms. The lowest BCUT2D eigenvalue weighted by atomic mass is 9.99. The number of carbonyl (C=O) groups excluding carboxylic acids is 2. The molecule has 1 saturated heterocycles. The smallest absolute Gasteiger partial charge is 0.305 e. The lowest BCUT2D eigenvalue weighted by Crippen LogP contribution is -2.60. The molecule has 11 heteroatoms. The zero-order valence-electron chi connectivity index (χ0n) is 57.0. The van der Waals surface area contributed by atoms with Crippen LogP contribution in [0.3, 0.4) is 0 Å². The highest BCUT2D eigenvalue weighted by atomic mass is 16.7. The van der Waals surface area contributed by atoms with E-state index in [9.17, 15) is 35.1 Å². The Hall–Kier alpha value is -2.12. The van der Waals surface area contributed by atoms with Gasteiger partial charge in [0.15, 0.2) is 6.29 Å². The molecule has 1 fully saturated rings. The van der Waals surface area contributed by atoms with E-state index >= 15 is 0 Å². The summed E-state index contributed by atoms with van der Waals surface area (Å²) in [5, 5.41) is 54.3. The molecule has 0 radical (unpaired) electrons. The summed E-state index contributed by atoms with van der Waals surface area (Å²) < 4.78 is 16.7. The van der Waals surface area contributed by atoms with E-state index in [-0.39, 0.29) is 18.5 Å². The van der Waals surface area contributed by atoms with Crippen LogP contribution in [0.1, 0.15) is 373 Å². The van der Waals surface area contributed by atoms with Gasteiger partial charge in [-0.15, -0.1) is 0 Å². The van der Waals surface area contributed by atoms with E-state index in [1.165, 1.54) is 289 Å². The van der Waals surface area contributed by atoms with Crippen LogP contribution in [0.2, 0.25) is 0 Å². The van der Waals surface area contributed by atoms with Crippen LogP contribution < -0.4 is 5.32 Å². The normalized spacial score (nSPS) is 18.0. The number of rotatable bonds is 67. The van der Waals surface area contributed by atoms with Crippen molar-refractivity contribution >= 4 is 11.9 Å². The van der Waals surface area contributed by atoms with E-state index in [0.717, 1.165) is 57.8 Å². The average Bonchev–Trinajstić information content (AvgIpc) is 3.04. The number of aliphatic hydroxyl groups is 5. The van der Waals surface area contributed by atoms with Gasteiger partial charge in [-0.3, -0.25) is 9.59 Å². The van der Waals surface area contributed by atoms with Crippen molar-refractivity contribution in [3.05, 3.63) is 36.5 Å². The van der Waals surface area contributed by atoms with E-state index in [2.05, 4.69) is 43.5 Å². The van der Waals surface area contributed by atoms with E-state index in [1.807, 2.05) is 6.08 Å². The van der Waals surface area contributed by atoms with Crippen molar-refractivity contribution in [3.63, 3.8) is 0 Å². The Morgan fingerprint density at radius 2 is 0.736 bits per heavy atom. The molecule has 1 rings (SSSR count). The van der Waals surface area contributed by atoms with Crippen LogP contribution in [0.4, 0.5) is 0 Å². The van der Waals surface area contributed by atoms with E-state index in [0.29, 0.717) is 19.4 Å². The second-order valence-electron chi connectivity index (χ2n) is 26.3. The summed E-state index contributed by atoms with van der Waals surface area (Å²) in [7, 11) is 0. The summed E-state index contributed by atoms with van der Waals surface area (Å²) in [6, 6.07) is -0.807. The summed E-state index contributed by atoms with van der Waals surface area (Å²) in [5.74, 6) is -0.172. The third-order valence-electron chi connectivity index (χ3n) is 18.0. The molecule has 0 aliphatic carbocycles. The summed E-state index contributed by atoms with van der Waals surface area (Å²) >= 11 is 0. The van der Waals surface area contributed by atoms with Gasteiger partial charge >= 0.3 is 5.97 Å². The van der Waals surface area contributed by atoms with Gasteiger partial charge in [0, 0.05) is 12.8 Å². The molecular weight excluding hydrogens is 1090 g/mol.